The number of fused-ring (bicyclic) bond motifs is 1. The van der Waals surface area contributed by atoms with E-state index in [0.717, 1.165) is 12.4 Å². The summed E-state index contributed by atoms with van der Waals surface area (Å²) in [6, 6.07) is 6.60. The summed E-state index contributed by atoms with van der Waals surface area (Å²) < 4.78 is 5.84. The van der Waals surface area contributed by atoms with E-state index in [1.165, 1.54) is 36.8 Å². The zero-order chi connectivity index (χ0) is 11.6. The fourth-order valence-corrected chi connectivity index (χ4v) is 2.10. The van der Waals surface area contributed by atoms with Crippen molar-refractivity contribution in [1.29, 1.82) is 0 Å². The summed E-state index contributed by atoms with van der Waals surface area (Å²) in [6.07, 6.45) is 5.14. The Morgan fingerprint density at radius 3 is 2.44 bits per heavy atom. The molecule has 16 heavy (non-hydrogen) atoms. The van der Waals surface area contributed by atoms with Crippen LogP contribution in [0, 0.1) is 5.41 Å². The number of benzene rings is 1. The molecule has 0 amide bonds. The lowest BCUT2D eigenvalue weighted by Crippen LogP contribution is -2.17. The predicted molar refractivity (Wildman–Crippen MR) is 68.0 cm³/mol. The van der Waals surface area contributed by atoms with E-state index in [1.54, 1.807) is 0 Å². The summed E-state index contributed by atoms with van der Waals surface area (Å²) >= 11 is 0. The van der Waals surface area contributed by atoms with Crippen LogP contribution < -0.4 is 4.74 Å². The highest BCUT2D eigenvalue weighted by atomic mass is 16.5. The van der Waals surface area contributed by atoms with E-state index in [4.69, 9.17) is 4.74 Å². The molecule has 1 aromatic carbocycles. The maximum atomic E-state index is 5.84. The van der Waals surface area contributed by atoms with Crippen molar-refractivity contribution >= 4 is 0 Å². The smallest absolute Gasteiger partial charge is 0.119 e. The average Bonchev–Trinajstić information content (AvgIpc) is 2.25. The van der Waals surface area contributed by atoms with Gasteiger partial charge in [0, 0.05) is 0 Å². The molecule has 0 heterocycles. The second-order valence-electron chi connectivity index (χ2n) is 5.99. The van der Waals surface area contributed by atoms with Gasteiger partial charge in [0.05, 0.1) is 6.61 Å². The van der Waals surface area contributed by atoms with E-state index in [0.29, 0.717) is 0 Å². The quantitative estimate of drug-likeness (QED) is 0.729. The van der Waals surface area contributed by atoms with Crippen LogP contribution in [0.4, 0.5) is 0 Å². The van der Waals surface area contributed by atoms with Gasteiger partial charge in [-0.05, 0) is 54.4 Å². The summed E-state index contributed by atoms with van der Waals surface area (Å²) in [7, 11) is 0. The van der Waals surface area contributed by atoms with Gasteiger partial charge in [-0.3, -0.25) is 0 Å². The van der Waals surface area contributed by atoms with Crippen molar-refractivity contribution in [3.8, 4) is 5.75 Å². The summed E-state index contributed by atoms with van der Waals surface area (Å²) in [4.78, 5) is 0. The second kappa shape index (κ2) is 4.48. The Labute approximate surface area is 98.8 Å². The first-order valence-corrected chi connectivity index (χ1v) is 6.29. The Bertz CT molecular complexity index is 360. The molecule has 1 nitrogen and oxygen atoms in total. The van der Waals surface area contributed by atoms with Crippen LogP contribution >= 0.6 is 0 Å². The first-order valence-electron chi connectivity index (χ1n) is 6.29. The maximum absolute atomic E-state index is 5.84. The zero-order valence-corrected chi connectivity index (χ0v) is 10.7. The van der Waals surface area contributed by atoms with E-state index in [-0.39, 0.29) is 5.41 Å². The molecule has 0 N–H and O–H groups in total. The SMILES string of the molecule is CC(C)(C)COc1ccc2c(c1)CCCC2. The standard InChI is InChI=1S/C15H22O/c1-15(2,3)11-16-14-9-8-12-6-4-5-7-13(12)10-14/h8-10H,4-7,11H2,1-3H3. The van der Waals surface area contributed by atoms with Crippen LogP contribution in [-0.4, -0.2) is 6.61 Å². The molecule has 0 bridgehead atoms. The van der Waals surface area contributed by atoms with E-state index < -0.39 is 0 Å². The van der Waals surface area contributed by atoms with Crippen LogP contribution in [-0.2, 0) is 12.8 Å². The highest BCUT2D eigenvalue weighted by Crippen LogP contribution is 2.26. The van der Waals surface area contributed by atoms with Crippen LogP contribution in [0.2, 0.25) is 0 Å². The molecule has 0 saturated carbocycles. The summed E-state index contributed by atoms with van der Waals surface area (Å²) in [5, 5.41) is 0. The van der Waals surface area contributed by atoms with Gasteiger partial charge in [-0.2, -0.15) is 0 Å². The first kappa shape index (κ1) is 11.5. The molecular weight excluding hydrogens is 196 g/mol. The minimum Gasteiger partial charge on any atom is -0.493 e. The average molecular weight is 218 g/mol. The van der Waals surface area contributed by atoms with Crippen molar-refractivity contribution in [1.82, 2.24) is 0 Å². The molecule has 0 unspecified atom stereocenters. The normalized spacial score (nSPS) is 15.7. The zero-order valence-electron chi connectivity index (χ0n) is 10.7. The summed E-state index contributed by atoms with van der Waals surface area (Å²) in [5.41, 5.74) is 3.25. The molecule has 1 heteroatoms. The van der Waals surface area contributed by atoms with Crippen LogP contribution in [0.15, 0.2) is 18.2 Å². The summed E-state index contributed by atoms with van der Waals surface area (Å²) in [6.45, 7) is 7.38. The maximum Gasteiger partial charge on any atom is 0.119 e. The van der Waals surface area contributed by atoms with Crippen LogP contribution in [0.1, 0.15) is 44.7 Å². The molecule has 0 spiro atoms. The molecule has 0 aliphatic heterocycles. The number of hydrogen-bond acceptors (Lipinski definition) is 1. The Morgan fingerprint density at radius 2 is 1.75 bits per heavy atom. The molecule has 1 aliphatic carbocycles. The highest BCUT2D eigenvalue weighted by molar-refractivity contribution is 5.37. The minimum atomic E-state index is 0.232. The lowest BCUT2D eigenvalue weighted by molar-refractivity contribution is 0.197. The number of aryl methyl sites for hydroxylation is 2. The fourth-order valence-electron chi connectivity index (χ4n) is 2.10. The highest BCUT2D eigenvalue weighted by Gasteiger charge is 2.13. The molecule has 1 aromatic rings. The van der Waals surface area contributed by atoms with Crippen molar-refractivity contribution in [2.24, 2.45) is 5.41 Å². The van der Waals surface area contributed by atoms with Crippen molar-refractivity contribution < 1.29 is 4.74 Å². The Morgan fingerprint density at radius 1 is 1.06 bits per heavy atom. The third-order valence-corrected chi connectivity index (χ3v) is 2.99. The molecule has 2 rings (SSSR count). The van der Waals surface area contributed by atoms with Crippen molar-refractivity contribution in [3.05, 3.63) is 29.3 Å². The van der Waals surface area contributed by atoms with Crippen LogP contribution in [0.5, 0.6) is 5.75 Å². The Kier molecular flexibility index (Phi) is 3.22. The summed E-state index contributed by atoms with van der Waals surface area (Å²) in [5.74, 6) is 1.04. The largest absolute Gasteiger partial charge is 0.493 e. The van der Waals surface area contributed by atoms with E-state index >= 15 is 0 Å². The van der Waals surface area contributed by atoms with E-state index in [9.17, 15) is 0 Å². The fraction of sp³-hybridized carbons (Fsp3) is 0.600. The van der Waals surface area contributed by atoms with Gasteiger partial charge < -0.3 is 4.74 Å². The Hall–Kier alpha value is -0.980. The van der Waals surface area contributed by atoms with Gasteiger partial charge in [0.15, 0.2) is 0 Å². The van der Waals surface area contributed by atoms with Crippen molar-refractivity contribution in [3.63, 3.8) is 0 Å². The molecule has 0 saturated heterocycles. The van der Waals surface area contributed by atoms with Gasteiger partial charge in [0.1, 0.15) is 5.75 Å². The van der Waals surface area contributed by atoms with Gasteiger partial charge in [-0.15, -0.1) is 0 Å². The Balaban J connectivity index is 2.06. The van der Waals surface area contributed by atoms with Crippen molar-refractivity contribution in [2.75, 3.05) is 6.61 Å². The molecule has 1 aliphatic rings. The number of ether oxygens (including phenoxy) is 1. The molecule has 0 aromatic heterocycles. The van der Waals surface area contributed by atoms with Crippen LogP contribution in [0.3, 0.4) is 0 Å². The van der Waals surface area contributed by atoms with Gasteiger partial charge >= 0.3 is 0 Å². The van der Waals surface area contributed by atoms with E-state index in [2.05, 4.69) is 39.0 Å². The minimum absolute atomic E-state index is 0.232. The monoisotopic (exact) mass is 218 g/mol. The molecule has 0 fully saturated rings. The van der Waals surface area contributed by atoms with Gasteiger partial charge in [0.2, 0.25) is 0 Å². The first-order chi connectivity index (χ1) is 7.54. The van der Waals surface area contributed by atoms with Crippen molar-refractivity contribution in [2.45, 2.75) is 46.5 Å². The van der Waals surface area contributed by atoms with Crippen LogP contribution in [0.25, 0.3) is 0 Å². The predicted octanol–water partition coefficient (Wildman–Crippen LogP) is 3.99. The van der Waals surface area contributed by atoms with Gasteiger partial charge in [-0.25, -0.2) is 0 Å². The number of rotatable bonds is 2. The third kappa shape index (κ3) is 3.01. The lowest BCUT2D eigenvalue weighted by Gasteiger charge is -2.21. The molecule has 88 valence electrons. The topological polar surface area (TPSA) is 9.23 Å². The van der Waals surface area contributed by atoms with Gasteiger partial charge in [0.25, 0.3) is 0 Å². The lowest BCUT2D eigenvalue weighted by atomic mass is 9.92. The third-order valence-electron chi connectivity index (χ3n) is 2.99. The molecule has 0 radical (unpaired) electrons. The molecular formula is C15H22O. The van der Waals surface area contributed by atoms with Gasteiger partial charge in [-0.1, -0.05) is 26.8 Å². The van der Waals surface area contributed by atoms with E-state index in [1.807, 2.05) is 0 Å². The number of hydrogen-bond donors (Lipinski definition) is 0. The second-order valence-corrected chi connectivity index (χ2v) is 5.99. The molecule has 0 atom stereocenters.